The number of halogens is 2. The van der Waals surface area contributed by atoms with Gasteiger partial charge in [-0.05, 0) is 0 Å². The molecule has 0 rings (SSSR count). The molecule has 21 heavy (non-hydrogen) atoms. The molecule has 0 atom stereocenters. The van der Waals surface area contributed by atoms with Gasteiger partial charge in [0.1, 0.15) is 0 Å². The van der Waals surface area contributed by atoms with Crippen molar-refractivity contribution in [1.82, 2.24) is 0 Å². The molecule has 0 N–H and O–H groups in total. The van der Waals surface area contributed by atoms with Crippen molar-refractivity contribution in [2.24, 2.45) is 6.99 Å². The van der Waals surface area contributed by atoms with E-state index in [2.05, 4.69) is 30.3 Å². The van der Waals surface area contributed by atoms with Gasteiger partial charge in [-0.25, -0.2) is 0 Å². The van der Waals surface area contributed by atoms with Crippen molar-refractivity contribution in [3.63, 3.8) is 0 Å². The van der Waals surface area contributed by atoms with Crippen LogP contribution < -0.4 is 0 Å². The van der Waals surface area contributed by atoms with E-state index >= 15 is 0 Å². The first-order chi connectivity index (χ1) is 9.45. The van der Waals surface area contributed by atoms with Crippen molar-refractivity contribution in [3.05, 3.63) is 0 Å². The van der Waals surface area contributed by atoms with Crippen LogP contribution >= 0.6 is 18.8 Å². The van der Waals surface area contributed by atoms with E-state index in [0.717, 1.165) is 12.8 Å². The van der Waals surface area contributed by atoms with Gasteiger partial charge in [-0.2, -0.15) is 0 Å². The zero-order chi connectivity index (χ0) is 17.2. The van der Waals surface area contributed by atoms with Gasteiger partial charge in [-0.1, -0.05) is 0 Å². The monoisotopic (exact) mass is 428 g/mol. The van der Waals surface area contributed by atoms with E-state index in [1.165, 1.54) is 0 Å². The number of hydrogen-bond donors (Lipinski definition) is 0. The molecular weight excluding hydrogens is 395 g/mol. The molecule has 7 heteroatoms. The van der Waals surface area contributed by atoms with Gasteiger partial charge in [0, 0.05) is 14.2 Å². The van der Waals surface area contributed by atoms with Gasteiger partial charge < -0.3 is 9.47 Å². The van der Waals surface area contributed by atoms with Crippen molar-refractivity contribution in [1.29, 1.82) is 0 Å². The fraction of sp³-hybridized carbons (Fsp3) is 1.00. The van der Waals surface area contributed by atoms with Crippen LogP contribution in [0.2, 0.25) is 0 Å². The summed E-state index contributed by atoms with van der Waals surface area (Å²) in [6.07, 6.45) is 1.87. The average Bonchev–Trinajstić information content (AvgIpc) is 2.34. The second-order valence-corrected chi connectivity index (χ2v) is 14.9. The van der Waals surface area contributed by atoms with Crippen LogP contribution in [0, 0.1) is 0 Å². The first-order valence-corrected chi connectivity index (χ1v) is 14.1. The summed E-state index contributed by atoms with van der Waals surface area (Å²) in [4.78, 5) is 0. The number of methoxy groups -OCH3 is 2. The number of nitrogens with zero attached hydrogens (tertiary/aromatic N) is 2. The Bertz CT molecular complexity index is 350. The van der Waals surface area contributed by atoms with E-state index < -0.39 is 13.6 Å². The van der Waals surface area contributed by atoms with Crippen molar-refractivity contribution in [3.8, 4) is 0 Å². The third kappa shape index (κ3) is 15.5. The summed E-state index contributed by atoms with van der Waals surface area (Å²) in [7, 11) is 15.9. The van der Waals surface area contributed by atoms with Crippen molar-refractivity contribution < 1.29 is 23.1 Å². The summed E-state index contributed by atoms with van der Waals surface area (Å²) in [6, 6.07) is 0. The van der Waals surface area contributed by atoms with E-state index in [9.17, 15) is 0 Å². The Morgan fingerprint density at radius 3 is 1.29 bits per heavy atom. The standard InChI is InChI=1S/2C5H11N.C4H10O2.2ClH.Mo/c2*1-4-5(2,3)6;1-5-3-4-6-2;;;/h2*4H2,1-3H3;3-4H2,1-2H3;2*1H;/q;;;;;+2/p-2. The molecule has 0 aliphatic rings. The minimum Gasteiger partial charge on any atom is -0.382 e. The summed E-state index contributed by atoms with van der Waals surface area (Å²) >= 11 is -3.37. The average molecular weight is 427 g/mol. The Morgan fingerprint density at radius 1 is 0.810 bits per heavy atom. The zero-order valence-electron chi connectivity index (χ0n) is 14.7. The maximum Gasteiger partial charge on any atom is 0.0696 e. The van der Waals surface area contributed by atoms with Crippen LogP contribution in [-0.4, -0.2) is 38.5 Å². The first-order valence-electron chi connectivity index (χ1n) is 7.14. The molecule has 0 saturated heterocycles. The molecule has 0 amide bonds. The number of ether oxygens (including phenoxy) is 2. The second-order valence-electron chi connectivity index (χ2n) is 5.92. The van der Waals surface area contributed by atoms with E-state index in [0.29, 0.717) is 13.2 Å². The number of rotatable bonds is 7. The van der Waals surface area contributed by atoms with Gasteiger partial charge in [0.15, 0.2) is 0 Å². The van der Waals surface area contributed by atoms with Gasteiger partial charge in [-0.15, -0.1) is 0 Å². The van der Waals surface area contributed by atoms with E-state index in [1.54, 1.807) is 14.2 Å². The first kappa shape index (κ1) is 24.0. The quantitative estimate of drug-likeness (QED) is 0.400. The van der Waals surface area contributed by atoms with Gasteiger partial charge >= 0.3 is 105 Å². The van der Waals surface area contributed by atoms with Crippen molar-refractivity contribution in [2.45, 2.75) is 65.5 Å². The molecule has 0 aromatic rings. The van der Waals surface area contributed by atoms with Gasteiger partial charge in [0.2, 0.25) is 0 Å². The Morgan fingerprint density at radius 2 is 1.10 bits per heavy atom. The molecule has 0 aliphatic carbocycles. The zero-order valence-corrected chi connectivity index (χ0v) is 18.2. The van der Waals surface area contributed by atoms with E-state index in [1.807, 2.05) is 27.7 Å². The molecule has 0 radical (unpaired) electrons. The van der Waals surface area contributed by atoms with Crippen LogP contribution in [0.25, 0.3) is 0 Å². The Balaban J connectivity index is 0. The Labute approximate surface area is 141 Å². The molecule has 0 bridgehead atoms. The van der Waals surface area contributed by atoms with E-state index in [-0.39, 0.29) is 11.1 Å². The summed E-state index contributed by atoms with van der Waals surface area (Å²) in [5.74, 6) is 0. The third-order valence-electron chi connectivity index (χ3n) is 2.94. The van der Waals surface area contributed by atoms with Crippen molar-refractivity contribution >= 4 is 18.8 Å². The SMILES string of the molecule is CCC(C)(C)[N]=[Mo]([Cl])([Cl])=[N]C(C)(C)CC.COCCOC. The van der Waals surface area contributed by atoms with Gasteiger partial charge in [0.05, 0.1) is 13.2 Å². The molecule has 0 heterocycles. The summed E-state index contributed by atoms with van der Waals surface area (Å²) < 4.78 is 18.4. The second kappa shape index (κ2) is 11.3. The fourth-order valence-corrected chi connectivity index (χ4v) is 8.99. The smallest absolute Gasteiger partial charge is 0.0696 e. The Kier molecular flexibility index (Phi) is 13.0. The Hall–Kier alpha value is 0.788. The van der Waals surface area contributed by atoms with Crippen LogP contribution in [0.15, 0.2) is 6.99 Å². The molecule has 0 aliphatic heterocycles. The molecule has 0 fully saturated rings. The topological polar surface area (TPSA) is 43.2 Å². The molecule has 0 unspecified atom stereocenters. The number of hydrogen-bond acceptors (Lipinski definition) is 4. The minimum absolute atomic E-state index is 0.155. The summed E-state index contributed by atoms with van der Waals surface area (Å²) in [5.41, 5.74) is -0.310. The maximum atomic E-state index is 6.28. The molecule has 130 valence electrons. The largest absolute Gasteiger partial charge is 0.382 e. The van der Waals surface area contributed by atoms with Crippen LogP contribution in [0.5, 0.6) is 0 Å². The minimum atomic E-state index is -3.37. The van der Waals surface area contributed by atoms with Crippen molar-refractivity contribution in [2.75, 3.05) is 27.4 Å². The van der Waals surface area contributed by atoms with Crippen LogP contribution in [-0.2, 0) is 23.1 Å². The third-order valence-corrected chi connectivity index (χ3v) is 8.08. The molecule has 0 saturated carbocycles. The molecule has 0 aromatic carbocycles. The summed E-state index contributed by atoms with van der Waals surface area (Å²) in [5, 5.41) is 0. The molecular formula is C14H32Cl2MoN2O2. The molecule has 4 nitrogen and oxygen atoms in total. The summed E-state index contributed by atoms with van der Waals surface area (Å²) in [6.45, 7) is 13.7. The van der Waals surface area contributed by atoms with Crippen LogP contribution in [0.3, 0.4) is 0 Å². The maximum absolute atomic E-state index is 6.28. The predicted octanol–water partition coefficient (Wildman–Crippen LogP) is 5.47. The normalized spacial score (nSPS) is 12.5. The van der Waals surface area contributed by atoms with Gasteiger partial charge in [0.25, 0.3) is 0 Å². The van der Waals surface area contributed by atoms with E-state index in [4.69, 9.17) is 18.8 Å². The van der Waals surface area contributed by atoms with Crippen LogP contribution in [0.1, 0.15) is 54.4 Å². The van der Waals surface area contributed by atoms with Gasteiger partial charge in [-0.3, -0.25) is 0 Å². The fourth-order valence-electron chi connectivity index (χ4n) is 0.911. The predicted molar refractivity (Wildman–Crippen MR) is 89.1 cm³/mol. The molecule has 0 aromatic heterocycles. The van der Waals surface area contributed by atoms with Crippen LogP contribution in [0.4, 0.5) is 0 Å². The molecule has 0 spiro atoms.